The minimum Gasteiger partial charge on any atom is -0.493 e. The van der Waals surface area contributed by atoms with Crippen molar-refractivity contribution < 1.29 is 9.26 Å². The monoisotopic (exact) mass is 341 g/mol. The number of hydrogen-bond acceptors (Lipinski definition) is 6. The van der Waals surface area contributed by atoms with Crippen molar-refractivity contribution in [1.29, 1.82) is 0 Å². The average molecular weight is 341 g/mol. The summed E-state index contributed by atoms with van der Waals surface area (Å²) >= 11 is 0. The summed E-state index contributed by atoms with van der Waals surface area (Å²) in [5.41, 5.74) is 4.04. The lowest BCUT2D eigenvalue weighted by atomic mass is 10.1. The second-order valence-electron chi connectivity index (χ2n) is 6.27. The third-order valence-electron chi connectivity index (χ3n) is 4.05. The van der Waals surface area contributed by atoms with E-state index in [1.807, 2.05) is 39.0 Å². The normalized spacial score (nSPS) is 11.0. The van der Waals surface area contributed by atoms with Gasteiger partial charge in [0.1, 0.15) is 11.5 Å². The molecule has 2 heterocycles. The smallest absolute Gasteiger partial charge is 0.204 e. The molecule has 2 aromatic heterocycles. The summed E-state index contributed by atoms with van der Waals surface area (Å²) < 4.78 is 11.2. The molecule has 0 unspecified atom stereocenters. The highest BCUT2D eigenvalue weighted by Crippen LogP contribution is 2.28. The molecule has 1 N–H and O–H groups in total. The Kier molecular flexibility index (Phi) is 5.42. The number of unbranched alkanes of at least 4 members (excludes halogenated alkanes) is 2. The van der Waals surface area contributed by atoms with Crippen molar-refractivity contribution in [2.45, 2.75) is 46.5 Å². The van der Waals surface area contributed by atoms with E-state index in [9.17, 15) is 0 Å². The number of hydrogen-bond donors (Lipinski definition) is 1. The summed E-state index contributed by atoms with van der Waals surface area (Å²) in [5.74, 6) is 2.50. The third kappa shape index (κ3) is 4.43. The van der Waals surface area contributed by atoms with Gasteiger partial charge in [0.15, 0.2) is 0 Å². The Balaban J connectivity index is 1.46. The van der Waals surface area contributed by atoms with Crippen LogP contribution in [0.4, 0.5) is 0 Å². The predicted molar refractivity (Wildman–Crippen MR) is 93.4 cm³/mol. The molecule has 25 heavy (non-hydrogen) atoms. The van der Waals surface area contributed by atoms with Crippen molar-refractivity contribution in [1.82, 2.24) is 25.8 Å². The standard InChI is InChI=1S/C18H23N5O2/c1-12-9-15(18-19-22-23-20-18)10-13(2)17(12)24-8-6-4-5-7-16-11-14(3)21-25-16/h9-11H,4-8H2,1-3H3,(H,19,20,22,23). The van der Waals surface area contributed by atoms with Gasteiger partial charge in [0, 0.05) is 18.1 Å². The molecule has 7 nitrogen and oxygen atoms in total. The topological polar surface area (TPSA) is 89.7 Å². The molecule has 1 aromatic carbocycles. The summed E-state index contributed by atoms with van der Waals surface area (Å²) in [5, 5.41) is 18.0. The number of H-pyrrole nitrogens is 1. The second kappa shape index (κ2) is 7.92. The highest BCUT2D eigenvalue weighted by atomic mass is 16.5. The lowest BCUT2D eigenvalue weighted by molar-refractivity contribution is 0.299. The quantitative estimate of drug-likeness (QED) is 0.630. The van der Waals surface area contributed by atoms with Crippen molar-refractivity contribution in [3.8, 4) is 17.1 Å². The average Bonchev–Trinajstić information content (AvgIpc) is 3.24. The first kappa shape index (κ1) is 17.1. The summed E-state index contributed by atoms with van der Waals surface area (Å²) in [7, 11) is 0. The lowest BCUT2D eigenvalue weighted by Crippen LogP contribution is -2.01. The Labute approximate surface area is 146 Å². The number of aromatic nitrogens is 5. The molecule has 0 fully saturated rings. The van der Waals surface area contributed by atoms with E-state index in [-0.39, 0.29) is 0 Å². The number of nitrogens with one attached hydrogen (secondary N) is 1. The maximum absolute atomic E-state index is 6.00. The first-order valence-corrected chi connectivity index (χ1v) is 8.53. The van der Waals surface area contributed by atoms with Crippen LogP contribution >= 0.6 is 0 Å². The lowest BCUT2D eigenvalue weighted by Gasteiger charge is -2.13. The molecule has 0 aliphatic rings. The summed E-state index contributed by atoms with van der Waals surface area (Å²) in [6, 6.07) is 6.05. The van der Waals surface area contributed by atoms with Crippen LogP contribution in [0.25, 0.3) is 11.4 Å². The van der Waals surface area contributed by atoms with Crippen molar-refractivity contribution >= 4 is 0 Å². The molecular weight excluding hydrogens is 318 g/mol. The van der Waals surface area contributed by atoms with Gasteiger partial charge in [-0.15, -0.1) is 10.2 Å². The summed E-state index contributed by atoms with van der Waals surface area (Å²) in [6.07, 6.45) is 4.11. The van der Waals surface area contributed by atoms with Gasteiger partial charge in [-0.2, -0.15) is 5.21 Å². The maximum Gasteiger partial charge on any atom is 0.204 e. The van der Waals surface area contributed by atoms with Crippen molar-refractivity contribution in [2.24, 2.45) is 0 Å². The Morgan fingerprint density at radius 3 is 2.48 bits per heavy atom. The number of benzene rings is 1. The largest absolute Gasteiger partial charge is 0.493 e. The van der Waals surface area contributed by atoms with Crippen LogP contribution in [0.1, 0.15) is 41.8 Å². The molecule has 0 aliphatic heterocycles. The summed E-state index contributed by atoms with van der Waals surface area (Å²) in [4.78, 5) is 0. The predicted octanol–water partition coefficient (Wildman–Crippen LogP) is 3.57. The molecule has 0 amide bonds. The molecule has 3 aromatic rings. The fourth-order valence-corrected chi connectivity index (χ4v) is 2.88. The molecule has 0 saturated carbocycles. The van der Waals surface area contributed by atoms with E-state index in [0.29, 0.717) is 12.4 Å². The van der Waals surface area contributed by atoms with Gasteiger partial charge in [0.05, 0.1) is 12.3 Å². The van der Waals surface area contributed by atoms with Gasteiger partial charge in [-0.05, 0) is 68.5 Å². The van der Waals surface area contributed by atoms with E-state index in [2.05, 4.69) is 25.8 Å². The van der Waals surface area contributed by atoms with Crippen LogP contribution in [0.3, 0.4) is 0 Å². The minimum atomic E-state index is 0.598. The highest BCUT2D eigenvalue weighted by Gasteiger charge is 2.10. The van der Waals surface area contributed by atoms with Crippen LogP contribution in [0, 0.1) is 20.8 Å². The van der Waals surface area contributed by atoms with Gasteiger partial charge in [-0.1, -0.05) is 5.16 Å². The van der Waals surface area contributed by atoms with Crippen LogP contribution in [-0.2, 0) is 6.42 Å². The zero-order valence-corrected chi connectivity index (χ0v) is 14.9. The molecule has 0 spiro atoms. The highest BCUT2D eigenvalue weighted by molar-refractivity contribution is 5.60. The third-order valence-corrected chi connectivity index (χ3v) is 4.05. The number of aromatic amines is 1. The van der Waals surface area contributed by atoms with Gasteiger partial charge in [0.2, 0.25) is 5.82 Å². The Morgan fingerprint density at radius 1 is 1.04 bits per heavy atom. The van der Waals surface area contributed by atoms with E-state index in [1.165, 1.54) is 0 Å². The van der Waals surface area contributed by atoms with Crippen LogP contribution in [0.5, 0.6) is 5.75 Å². The van der Waals surface area contributed by atoms with Gasteiger partial charge in [0.25, 0.3) is 0 Å². The van der Waals surface area contributed by atoms with E-state index in [4.69, 9.17) is 9.26 Å². The number of ether oxygens (including phenoxy) is 1. The maximum atomic E-state index is 6.00. The fourth-order valence-electron chi connectivity index (χ4n) is 2.88. The minimum absolute atomic E-state index is 0.598. The molecule has 7 heteroatoms. The van der Waals surface area contributed by atoms with Crippen LogP contribution in [0.15, 0.2) is 22.7 Å². The van der Waals surface area contributed by atoms with Crippen molar-refractivity contribution in [3.05, 3.63) is 40.8 Å². The van der Waals surface area contributed by atoms with Crippen LogP contribution in [-0.4, -0.2) is 32.4 Å². The Bertz CT molecular complexity index is 788. The molecule has 0 aliphatic carbocycles. The van der Waals surface area contributed by atoms with Crippen LogP contribution in [0.2, 0.25) is 0 Å². The first-order valence-electron chi connectivity index (χ1n) is 8.53. The molecular formula is C18H23N5O2. The number of nitrogens with zero attached hydrogens (tertiary/aromatic N) is 4. The molecule has 3 rings (SSSR count). The van der Waals surface area contributed by atoms with Gasteiger partial charge < -0.3 is 9.26 Å². The van der Waals surface area contributed by atoms with E-state index in [0.717, 1.165) is 59.6 Å². The van der Waals surface area contributed by atoms with Gasteiger partial charge in [-0.3, -0.25) is 0 Å². The van der Waals surface area contributed by atoms with Crippen molar-refractivity contribution in [2.75, 3.05) is 6.61 Å². The van der Waals surface area contributed by atoms with Gasteiger partial charge >= 0.3 is 0 Å². The van der Waals surface area contributed by atoms with Crippen LogP contribution < -0.4 is 4.74 Å². The number of aryl methyl sites for hydroxylation is 4. The summed E-state index contributed by atoms with van der Waals surface area (Å²) in [6.45, 7) is 6.73. The molecule has 0 bridgehead atoms. The molecule has 0 saturated heterocycles. The Hall–Kier alpha value is -2.70. The zero-order chi connectivity index (χ0) is 17.6. The SMILES string of the molecule is Cc1cc(CCCCCOc2c(C)cc(-c3nn[nH]n3)cc2C)on1. The van der Waals surface area contributed by atoms with E-state index < -0.39 is 0 Å². The molecule has 0 atom stereocenters. The van der Waals surface area contributed by atoms with E-state index >= 15 is 0 Å². The number of tetrazole rings is 1. The van der Waals surface area contributed by atoms with Crippen molar-refractivity contribution in [3.63, 3.8) is 0 Å². The molecule has 0 radical (unpaired) electrons. The second-order valence-corrected chi connectivity index (χ2v) is 6.27. The van der Waals surface area contributed by atoms with Gasteiger partial charge in [-0.25, -0.2) is 0 Å². The number of rotatable bonds is 8. The Morgan fingerprint density at radius 2 is 1.84 bits per heavy atom. The van der Waals surface area contributed by atoms with E-state index in [1.54, 1.807) is 0 Å². The zero-order valence-electron chi connectivity index (χ0n) is 14.9. The first-order chi connectivity index (χ1) is 12.1. The molecule has 132 valence electrons. The fraction of sp³-hybridized carbons (Fsp3) is 0.444.